The highest BCUT2D eigenvalue weighted by Crippen LogP contribution is 2.36. The lowest BCUT2D eigenvalue weighted by molar-refractivity contribution is -0.119. The van der Waals surface area contributed by atoms with Gasteiger partial charge in [-0.05, 0) is 45.8 Å². The maximum Gasteiger partial charge on any atom is 0.255 e. The van der Waals surface area contributed by atoms with Crippen LogP contribution in [0.4, 0.5) is 5.69 Å². The van der Waals surface area contributed by atoms with Crippen molar-refractivity contribution in [2.75, 3.05) is 19.1 Å². The lowest BCUT2D eigenvalue weighted by Gasteiger charge is -2.12. The van der Waals surface area contributed by atoms with Crippen LogP contribution >= 0.6 is 27.5 Å². The lowest BCUT2D eigenvalue weighted by atomic mass is 10.2. The molecule has 0 aromatic heterocycles. The molecule has 3 N–H and O–H groups in total. The quantitative estimate of drug-likeness (QED) is 0.539. The largest absolute Gasteiger partial charge is 0.493 e. The van der Waals surface area contributed by atoms with Crippen LogP contribution in [-0.4, -0.2) is 25.8 Å². The van der Waals surface area contributed by atoms with E-state index in [1.165, 1.54) is 7.11 Å². The van der Waals surface area contributed by atoms with Gasteiger partial charge in [0.15, 0.2) is 18.1 Å². The zero-order valence-corrected chi connectivity index (χ0v) is 15.1. The monoisotopic (exact) mass is 411 g/mol. The highest BCUT2D eigenvalue weighted by atomic mass is 79.9. The number of hydrogen-bond acceptors (Lipinski definition) is 5. The van der Waals surface area contributed by atoms with Crippen molar-refractivity contribution in [3.05, 3.63) is 51.5 Å². The van der Waals surface area contributed by atoms with E-state index >= 15 is 0 Å². The van der Waals surface area contributed by atoms with Gasteiger partial charge in [-0.3, -0.25) is 10.2 Å². The SMILES string of the molecule is COc1cc(C=NNc2ccccc2Cl)cc(Br)c1OCC(N)=O. The summed E-state index contributed by atoms with van der Waals surface area (Å²) in [4.78, 5) is 10.9. The number of benzene rings is 2. The predicted molar refractivity (Wildman–Crippen MR) is 98.1 cm³/mol. The number of ether oxygens (including phenoxy) is 2. The summed E-state index contributed by atoms with van der Waals surface area (Å²) in [6.45, 7) is -0.240. The third kappa shape index (κ3) is 4.87. The molecule has 0 unspecified atom stereocenters. The first-order valence-corrected chi connectivity index (χ1v) is 8.00. The van der Waals surface area contributed by atoms with Gasteiger partial charge in [-0.25, -0.2) is 0 Å². The topological polar surface area (TPSA) is 85.9 Å². The number of halogens is 2. The van der Waals surface area contributed by atoms with Gasteiger partial charge in [0.05, 0.1) is 28.5 Å². The van der Waals surface area contributed by atoms with E-state index in [0.29, 0.717) is 26.7 Å². The third-order valence-electron chi connectivity index (χ3n) is 2.88. The third-order valence-corrected chi connectivity index (χ3v) is 3.80. The first-order chi connectivity index (χ1) is 11.5. The Hall–Kier alpha value is -2.25. The van der Waals surface area contributed by atoms with Crippen LogP contribution in [0.25, 0.3) is 0 Å². The number of hydrogen-bond donors (Lipinski definition) is 2. The van der Waals surface area contributed by atoms with Gasteiger partial charge < -0.3 is 15.2 Å². The number of anilines is 1. The van der Waals surface area contributed by atoms with Crippen molar-refractivity contribution in [2.45, 2.75) is 0 Å². The van der Waals surface area contributed by atoms with Crippen LogP contribution in [0.15, 0.2) is 46.0 Å². The summed E-state index contributed by atoms with van der Waals surface area (Å²) in [5, 5.41) is 4.72. The Morgan fingerprint density at radius 3 is 2.83 bits per heavy atom. The van der Waals surface area contributed by atoms with E-state index in [-0.39, 0.29) is 6.61 Å². The smallest absolute Gasteiger partial charge is 0.255 e. The van der Waals surface area contributed by atoms with Gasteiger partial charge in [0.2, 0.25) is 0 Å². The molecule has 0 aliphatic heterocycles. The molecular weight excluding hydrogens is 398 g/mol. The molecule has 2 rings (SSSR count). The maximum absolute atomic E-state index is 10.9. The Balaban J connectivity index is 2.16. The van der Waals surface area contributed by atoms with Crippen molar-refractivity contribution >= 4 is 45.3 Å². The maximum atomic E-state index is 10.9. The molecule has 24 heavy (non-hydrogen) atoms. The van der Waals surface area contributed by atoms with E-state index in [1.807, 2.05) is 18.2 Å². The predicted octanol–water partition coefficient (Wildman–Crippen LogP) is 3.42. The fraction of sp³-hybridized carbons (Fsp3) is 0.125. The van der Waals surface area contributed by atoms with Crippen molar-refractivity contribution in [1.29, 1.82) is 0 Å². The molecule has 0 radical (unpaired) electrons. The van der Waals surface area contributed by atoms with E-state index in [2.05, 4.69) is 26.5 Å². The second-order valence-electron chi connectivity index (χ2n) is 4.64. The molecule has 8 heteroatoms. The second-order valence-corrected chi connectivity index (χ2v) is 5.90. The number of nitrogens with two attached hydrogens (primary N) is 1. The number of primary amides is 1. The molecule has 0 saturated heterocycles. The molecular formula is C16H15BrClN3O3. The Kier molecular flexibility index (Phi) is 6.45. The van der Waals surface area contributed by atoms with Crippen LogP contribution in [0.5, 0.6) is 11.5 Å². The molecule has 126 valence electrons. The molecule has 0 saturated carbocycles. The number of methoxy groups -OCH3 is 1. The van der Waals surface area contributed by atoms with Crippen molar-refractivity contribution in [3.8, 4) is 11.5 Å². The summed E-state index contributed by atoms with van der Waals surface area (Å²) < 4.78 is 11.2. The Morgan fingerprint density at radius 2 is 2.17 bits per heavy atom. The highest BCUT2D eigenvalue weighted by Gasteiger charge is 2.12. The first-order valence-electron chi connectivity index (χ1n) is 6.83. The standard InChI is InChI=1S/C16H15BrClN3O3/c1-23-14-7-10(6-11(17)16(14)24-9-15(19)22)8-20-21-13-5-3-2-4-12(13)18/h2-8,21H,9H2,1H3,(H2,19,22). The molecule has 0 atom stereocenters. The normalized spacial score (nSPS) is 10.6. The van der Waals surface area contributed by atoms with E-state index in [4.69, 9.17) is 26.8 Å². The minimum atomic E-state index is -0.571. The van der Waals surface area contributed by atoms with Crippen LogP contribution in [0.2, 0.25) is 5.02 Å². The number of carbonyl (C=O) groups is 1. The minimum absolute atomic E-state index is 0.240. The van der Waals surface area contributed by atoms with Gasteiger partial charge >= 0.3 is 0 Å². The van der Waals surface area contributed by atoms with Gasteiger partial charge in [0.1, 0.15) is 0 Å². The summed E-state index contributed by atoms with van der Waals surface area (Å²) in [6.07, 6.45) is 1.61. The second kappa shape index (κ2) is 8.56. The van der Waals surface area contributed by atoms with Gasteiger partial charge in [-0.15, -0.1) is 0 Å². The van der Waals surface area contributed by atoms with Crippen molar-refractivity contribution in [3.63, 3.8) is 0 Å². The average molecular weight is 413 g/mol. The number of amides is 1. The summed E-state index contributed by atoms with van der Waals surface area (Å²) >= 11 is 9.42. The van der Waals surface area contributed by atoms with Gasteiger partial charge in [0, 0.05) is 0 Å². The van der Waals surface area contributed by atoms with Gasteiger partial charge in [0.25, 0.3) is 5.91 Å². The zero-order valence-electron chi connectivity index (χ0n) is 12.8. The van der Waals surface area contributed by atoms with Crippen LogP contribution in [0, 0.1) is 0 Å². The number of nitrogens with one attached hydrogen (secondary N) is 1. The molecule has 0 bridgehead atoms. The number of para-hydroxylation sites is 1. The van der Waals surface area contributed by atoms with Crippen LogP contribution in [-0.2, 0) is 4.79 Å². The fourth-order valence-electron chi connectivity index (χ4n) is 1.83. The number of hydrazone groups is 1. The average Bonchev–Trinajstić information content (AvgIpc) is 2.55. The summed E-state index contributed by atoms with van der Waals surface area (Å²) in [5.74, 6) is 0.274. The molecule has 6 nitrogen and oxygen atoms in total. The first kappa shape index (κ1) is 18.1. The van der Waals surface area contributed by atoms with Crippen LogP contribution in [0.1, 0.15) is 5.56 Å². The summed E-state index contributed by atoms with van der Waals surface area (Å²) in [7, 11) is 1.50. The summed E-state index contributed by atoms with van der Waals surface area (Å²) in [6, 6.07) is 10.8. The zero-order chi connectivity index (χ0) is 17.5. The molecule has 0 spiro atoms. The molecule has 0 aliphatic rings. The molecule has 0 heterocycles. The fourth-order valence-corrected chi connectivity index (χ4v) is 2.58. The van der Waals surface area contributed by atoms with E-state index < -0.39 is 5.91 Å². The summed E-state index contributed by atoms with van der Waals surface area (Å²) in [5.41, 5.74) is 9.40. The van der Waals surface area contributed by atoms with Gasteiger partial charge in [-0.2, -0.15) is 5.10 Å². The number of nitrogens with zero attached hydrogens (tertiary/aromatic N) is 1. The molecule has 0 fully saturated rings. The lowest BCUT2D eigenvalue weighted by Crippen LogP contribution is -2.20. The van der Waals surface area contributed by atoms with Gasteiger partial charge in [-0.1, -0.05) is 23.7 Å². The molecule has 0 aliphatic carbocycles. The van der Waals surface area contributed by atoms with E-state index in [9.17, 15) is 4.79 Å². The van der Waals surface area contributed by atoms with Crippen LogP contribution in [0.3, 0.4) is 0 Å². The van der Waals surface area contributed by atoms with Crippen molar-refractivity contribution in [1.82, 2.24) is 0 Å². The number of carbonyl (C=O) groups excluding carboxylic acids is 1. The molecule has 1 amide bonds. The van der Waals surface area contributed by atoms with Crippen molar-refractivity contribution < 1.29 is 14.3 Å². The Labute approximate surface area is 152 Å². The Morgan fingerprint density at radius 1 is 1.42 bits per heavy atom. The molecule has 2 aromatic carbocycles. The Bertz CT molecular complexity index is 768. The minimum Gasteiger partial charge on any atom is -0.493 e. The highest BCUT2D eigenvalue weighted by molar-refractivity contribution is 9.10. The number of rotatable bonds is 7. The van der Waals surface area contributed by atoms with E-state index in [0.717, 1.165) is 5.56 Å². The van der Waals surface area contributed by atoms with Crippen LogP contribution < -0.4 is 20.6 Å². The van der Waals surface area contributed by atoms with E-state index in [1.54, 1.807) is 24.4 Å². The molecule has 2 aromatic rings. The van der Waals surface area contributed by atoms with Crippen molar-refractivity contribution in [2.24, 2.45) is 10.8 Å².